The maximum Gasteiger partial charge on any atom is 0.234 e. The van der Waals surface area contributed by atoms with Crippen molar-refractivity contribution in [3.63, 3.8) is 0 Å². The third kappa shape index (κ3) is 4.11. The van der Waals surface area contributed by atoms with Crippen LogP contribution in [0.4, 0.5) is 5.82 Å². The number of ether oxygens (including phenoxy) is 1. The Hall–Kier alpha value is -2.11. The molecule has 0 spiro atoms. The second kappa shape index (κ2) is 7.42. The molecule has 0 aromatic carbocycles. The van der Waals surface area contributed by atoms with E-state index in [0.29, 0.717) is 17.9 Å². The fourth-order valence-electron chi connectivity index (χ4n) is 4.02. The topological polar surface area (TPSA) is 56.1 Å². The van der Waals surface area contributed by atoms with E-state index in [1.807, 2.05) is 24.1 Å². The highest BCUT2D eigenvalue weighted by atomic mass is 16.5. The van der Waals surface area contributed by atoms with Crippen LogP contribution in [0.5, 0.6) is 5.88 Å². The Morgan fingerprint density at radius 2 is 2.00 bits per heavy atom. The maximum atomic E-state index is 6.07. The minimum absolute atomic E-state index is 0.315. The lowest BCUT2D eigenvalue weighted by Crippen LogP contribution is -2.23. The molecular formula is C19H27N5O. The molecule has 25 heavy (non-hydrogen) atoms. The van der Waals surface area contributed by atoms with Gasteiger partial charge in [0.05, 0.1) is 18.6 Å². The third-order valence-electron chi connectivity index (χ3n) is 5.33. The van der Waals surface area contributed by atoms with Crippen LogP contribution in [0.15, 0.2) is 24.8 Å². The molecule has 134 valence electrons. The lowest BCUT2D eigenvalue weighted by Gasteiger charge is -2.23. The number of aryl methyl sites for hydroxylation is 1. The van der Waals surface area contributed by atoms with E-state index in [4.69, 9.17) is 9.72 Å². The summed E-state index contributed by atoms with van der Waals surface area (Å²) in [4.78, 5) is 11.4. The number of aromatic nitrogens is 4. The molecule has 0 amide bonds. The Morgan fingerprint density at radius 1 is 1.12 bits per heavy atom. The van der Waals surface area contributed by atoms with E-state index in [2.05, 4.69) is 21.2 Å². The van der Waals surface area contributed by atoms with Gasteiger partial charge in [-0.3, -0.25) is 9.67 Å². The summed E-state index contributed by atoms with van der Waals surface area (Å²) in [6.07, 6.45) is 16.4. The fraction of sp³-hybridized carbons (Fsp3) is 0.632. The minimum Gasteiger partial charge on any atom is -0.473 e. The summed E-state index contributed by atoms with van der Waals surface area (Å²) in [6.45, 7) is 2.06. The predicted molar refractivity (Wildman–Crippen MR) is 96.8 cm³/mol. The molecule has 2 aromatic heterocycles. The summed E-state index contributed by atoms with van der Waals surface area (Å²) in [7, 11) is 1.97. The molecule has 0 N–H and O–H groups in total. The normalized spacial score (nSPS) is 21.6. The van der Waals surface area contributed by atoms with Crippen molar-refractivity contribution in [1.29, 1.82) is 0 Å². The Bertz CT molecular complexity index is 695. The molecule has 1 atom stereocenters. The minimum atomic E-state index is 0.315. The van der Waals surface area contributed by atoms with E-state index < -0.39 is 0 Å². The van der Waals surface area contributed by atoms with Gasteiger partial charge in [0.15, 0.2) is 5.82 Å². The van der Waals surface area contributed by atoms with E-state index in [9.17, 15) is 0 Å². The van der Waals surface area contributed by atoms with Crippen LogP contribution in [0.25, 0.3) is 0 Å². The van der Waals surface area contributed by atoms with Gasteiger partial charge in [0.1, 0.15) is 6.10 Å². The second-order valence-corrected chi connectivity index (χ2v) is 7.42. The SMILES string of the molecule is Cn1cc(CC2CCN(c3cncc(OC4CCCCC4)n3)C2)cn1. The molecule has 2 aromatic rings. The summed E-state index contributed by atoms with van der Waals surface area (Å²) in [6, 6.07) is 0. The van der Waals surface area contributed by atoms with Gasteiger partial charge in [-0.15, -0.1) is 0 Å². The zero-order valence-electron chi connectivity index (χ0n) is 15.0. The summed E-state index contributed by atoms with van der Waals surface area (Å²) in [5.41, 5.74) is 1.31. The molecular weight excluding hydrogens is 314 g/mol. The largest absolute Gasteiger partial charge is 0.473 e. The summed E-state index contributed by atoms with van der Waals surface area (Å²) >= 11 is 0. The van der Waals surface area contributed by atoms with E-state index in [0.717, 1.165) is 38.2 Å². The van der Waals surface area contributed by atoms with Crippen molar-refractivity contribution in [3.05, 3.63) is 30.4 Å². The lowest BCUT2D eigenvalue weighted by molar-refractivity contribution is 0.148. The average Bonchev–Trinajstić information content (AvgIpc) is 3.26. The first-order valence-electron chi connectivity index (χ1n) is 9.47. The molecule has 1 unspecified atom stereocenters. The fourth-order valence-corrected chi connectivity index (χ4v) is 4.02. The lowest BCUT2D eigenvalue weighted by atomic mass is 9.98. The quantitative estimate of drug-likeness (QED) is 0.837. The van der Waals surface area contributed by atoms with Crippen molar-refractivity contribution >= 4 is 5.82 Å². The molecule has 1 saturated carbocycles. The van der Waals surface area contributed by atoms with E-state index in [-0.39, 0.29) is 0 Å². The van der Waals surface area contributed by atoms with Crippen molar-refractivity contribution in [2.45, 2.75) is 51.0 Å². The molecule has 4 rings (SSSR count). The van der Waals surface area contributed by atoms with Gasteiger partial charge in [0.25, 0.3) is 0 Å². The van der Waals surface area contributed by atoms with Gasteiger partial charge in [-0.2, -0.15) is 10.1 Å². The van der Waals surface area contributed by atoms with Crippen LogP contribution in [0.2, 0.25) is 0 Å². The molecule has 2 fully saturated rings. The van der Waals surface area contributed by atoms with Crippen molar-refractivity contribution in [3.8, 4) is 5.88 Å². The second-order valence-electron chi connectivity index (χ2n) is 7.42. The molecule has 2 aliphatic rings. The Morgan fingerprint density at radius 3 is 2.80 bits per heavy atom. The number of nitrogens with zero attached hydrogens (tertiary/aromatic N) is 5. The monoisotopic (exact) mass is 341 g/mol. The van der Waals surface area contributed by atoms with Crippen molar-refractivity contribution in [2.24, 2.45) is 13.0 Å². The highest BCUT2D eigenvalue weighted by Gasteiger charge is 2.25. The maximum absolute atomic E-state index is 6.07. The molecule has 6 heteroatoms. The van der Waals surface area contributed by atoms with Crippen LogP contribution in [-0.2, 0) is 13.5 Å². The van der Waals surface area contributed by atoms with Crippen molar-refractivity contribution < 1.29 is 4.74 Å². The number of hydrogen-bond acceptors (Lipinski definition) is 5. The number of anilines is 1. The summed E-state index contributed by atoms with van der Waals surface area (Å²) < 4.78 is 7.94. The van der Waals surface area contributed by atoms with Crippen LogP contribution in [-0.4, -0.2) is 38.9 Å². The van der Waals surface area contributed by atoms with Crippen LogP contribution in [0, 0.1) is 5.92 Å². The highest BCUT2D eigenvalue weighted by molar-refractivity contribution is 5.39. The van der Waals surface area contributed by atoms with Gasteiger partial charge in [-0.25, -0.2) is 0 Å². The molecule has 1 aliphatic carbocycles. The van der Waals surface area contributed by atoms with Gasteiger partial charge in [-0.1, -0.05) is 6.42 Å². The first kappa shape index (κ1) is 16.4. The van der Waals surface area contributed by atoms with Gasteiger partial charge >= 0.3 is 0 Å². The Balaban J connectivity index is 1.36. The van der Waals surface area contributed by atoms with E-state index in [1.165, 1.54) is 31.2 Å². The predicted octanol–water partition coefficient (Wildman–Crippen LogP) is 2.99. The van der Waals surface area contributed by atoms with Gasteiger partial charge in [0.2, 0.25) is 5.88 Å². The van der Waals surface area contributed by atoms with Crippen LogP contribution < -0.4 is 9.64 Å². The van der Waals surface area contributed by atoms with Crippen molar-refractivity contribution in [1.82, 2.24) is 19.7 Å². The van der Waals surface area contributed by atoms with E-state index >= 15 is 0 Å². The zero-order valence-corrected chi connectivity index (χ0v) is 15.0. The highest BCUT2D eigenvalue weighted by Crippen LogP contribution is 2.27. The summed E-state index contributed by atoms with van der Waals surface area (Å²) in [5, 5.41) is 4.27. The van der Waals surface area contributed by atoms with E-state index in [1.54, 1.807) is 6.20 Å². The zero-order chi connectivity index (χ0) is 17.1. The van der Waals surface area contributed by atoms with Crippen molar-refractivity contribution in [2.75, 3.05) is 18.0 Å². The molecule has 1 saturated heterocycles. The number of rotatable bonds is 5. The molecule has 3 heterocycles. The first-order valence-corrected chi connectivity index (χ1v) is 9.47. The standard InChI is InChI=1S/C19H27N5O/c1-23-13-16(10-21-23)9-15-7-8-24(14-15)18-11-20-12-19(22-18)25-17-5-3-2-4-6-17/h10-13,15,17H,2-9,14H2,1H3. The third-order valence-corrected chi connectivity index (χ3v) is 5.33. The molecule has 6 nitrogen and oxygen atoms in total. The van der Waals surface area contributed by atoms with Crippen LogP contribution >= 0.6 is 0 Å². The Kier molecular flexibility index (Phi) is 4.85. The Labute approximate surface area is 149 Å². The van der Waals surface area contributed by atoms with Crippen LogP contribution in [0.3, 0.4) is 0 Å². The first-order chi connectivity index (χ1) is 12.3. The van der Waals surface area contributed by atoms with Crippen LogP contribution in [0.1, 0.15) is 44.1 Å². The molecule has 0 bridgehead atoms. The smallest absolute Gasteiger partial charge is 0.234 e. The molecule has 0 radical (unpaired) electrons. The average molecular weight is 341 g/mol. The number of hydrogen-bond donors (Lipinski definition) is 0. The van der Waals surface area contributed by atoms with Gasteiger partial charge in [-0.05, 0) is 50.0 Å². The molecule has 1 aliphatic heterocycles. The van der Waals surface area contributed by atoms with Gasteiger partial charge < -0.3 is 9.64 Å². The summed E-state index contributed by atoms with van der Waals surface area (Å²) in [5.74, 6) is 2.27. The van der Waals surface area contributed by atoms with Gasteiger partial charge in [0, 0.05) is 26.3 Å².